The van der Waals surface area contributed by atoms with Crippen molar-refractivity contribution in [3.05, 3.63) is 59.1 Å². The van der Waals surface area contributed by atoms with E-state index in [0.717, 1.165) is 44.3 Å². The van der Waals surface area contributed by atoms with Gasteiger partial charge in [-0.2, -0.15) is 0 Å². The van der Waals surface area contributed by atoms with Crippen molar-refractivity contribution in [1.82, 2.24) is 15.2 Å². The highest BCUT2D eigenvalue weighted by Gasteiger charge is 2.17. The van der Waals surface area contributed by atoms with E-state index in [-0.39, 0.29) is 11.7 Å². The lowest BCUT2D eigenvalue weighted by Gasteiger charge is -2.08. The highest BCUT2D eigenvalue weighted by molar-refractivity contribution is 8.00. The summed E-state index contributed by atoms with van der Waals surface area (Å²) in [6.07, 6.45) is 0.925. The van der Waals surface area contributed by atoms with Crippen LogP contribution in [-0.4, -0.2) is 34.0 Å². The molecule has 2 heterocycles. The minimum atomic E-state index is -0.0861. The second-order valence-corrected chi connectivity index (χ2v) is 9.05. The molecule has 0 spiro atoms. The number of aromatic nitrogens is 3. The van der Waals surface area contributed by atoms with E-state index in [1.165, 1.54) is 17.3 Å². The van der Waals surface area contributed by atoms with Gasteiger partial charge in [0, 0.05) is 11.3 Å². The maximum atomic E-state index is 12.5. The third-order valence-corrected chi connectivity index (χ3v) is 6.63. The molecular formula is C23H22N4O2S2. The molecular weight excluding hydrogens is 428 g/mol. The molecule has 0 saturated carbocycles. The van der Waals surface area contributed by atoms with Crippen LogP contribution in [0.15, 0.2) is 53.6 Å². The maximum absolute atomic E-state index is 12.5. The van der Waals surface area contributed by atoms with Gasteiger partial charge in [0.15, 0.2) is 0 Å². The number of thiazole rings is 1. The molecule has 0 fully saturated rings. The second-order valence-electron chi connectivity index (χ2n) is 6.89. The van der Waals surface area contributed by atoms with Gasteiger partial charge < -0.3 is 10.1 Å². The number of amides is 1. The number of rotatable bonds is 7. The third-order valence-electron chi connectivity index (χ3n) is 4.69. The molecule has 0 bridgehead atoms. The van der Waals surface area contributed by atoms with Gasteiger partial charge in [0.05, 0.1) is 22.6 Å². The molecule has 0 radical (unpaired) electrons. The molecule has 0 aliphatic heterocycles. The Hall–Kier alpha value is -2.97. The predicted octanol–water partition coefficient (Wildman–Crippen LogP) is 5.36. The first kappa shape index (κ1) is 21.3. The minimum Gasteiger partial charge on any atom is -0.497 e. The van der Waals surface area contributed by atoms with Crippen LogP contribution < -0.4 is 10.1 Å². The van der Waals surface area contributed by atoms with Crippen LogP contribution in [0.2, 0.25) is 0 Å². The molecule has 6 nitrogen and oxygen atoms in total. The molecule has 0 saturated heterocycles. The highest BCUT2D eigenvalue weighted by atomic mass is 32.2. The van der Waals surface area contributed by atoms with Gasteiger partial charge in [0.2, 0.25) is 5.91 Å². The number of carbonyl (C=O) groups excluding carboxylic acids is 1. The van der Waals surface area contributed by atoms with E-state index in [1.807, 2.05) is 55.5 Å². The van der Waals surface area contributed by atoms with Crippen molar-refractivity contribution in [2.75, 3.05) is 18.2 Å². The number of nitrogens with one attached hydrogen (secondary N) is 1. The maximum Gasteiger partial charge on any atom is 0.234 e. The molecule has 0 unspecified atom stereocenters. The van der Waals surface area contributed by atoms with Crippen LogP contribution in [0, 0.1) is 6.92 Å². The topological polar surface area (TPSA) is 77.0 Å². The zero-order valence-electron chi connectivity index (χ0n) is 17.5. The largest absolute Gasteiger partial charge is 0.497 e. The molecule has 4 aromatic rings. The number of carbonyl (C=O) groups is 1. The lowest BCUT2D eigenvalue weighted by molar-refractivity contribution is -0.113. The number of nitrogens with zero attached hydrogens (tertiary/aromatic N) is 3. The molecule has 0 aliphatic carbocycles. The Morgan fingerprint density at radius 2 is 2.00 bits per heavy atom. The van der Waals surface area contributed by atoms with Gasteiger partial charge in [-0.15, -0.1) is 21.5 Å². The lowest BCUT2D eigenvalue weighted by Crippen LogP contribution is -2.14. The van der Waals surface area contributed by atoms with Crippen molar-refractivity contribution < 1.29 is 9.53 Å². The Morgan fingerprint density at radius 1 is 1.16 bits per heavy atom. The van der Waals surface area contributed by atoms with Gasteiger partial charge in [-0.25, -0.2) is 4.98 Å². The van der Waals surface area contributed by atoms with Crippen LogP contribution in [0.25, 0.3) is 21.5 Å². The van der Waals surface area contributed by atoms with E-state index in [1.54, 1.807) is 18.4 Å². The third kappa shape index (κ3) is 4.86. The summed E-state index contributed by atoms with van der Waals surface area (Å²) in [5.74, 6) is 0.905. The number of thioether (sulfide) groups is 1. The van der Waals surface area contributed by atoms with E-state index in [4.69, 9.17) is 4.74 Å². The number of hydrogen-bond acceptors (Lipinski definition) is 7. The van der Waals surface area contributed by atoms with Crippen molar-refractivity contribution in [2.45, 2.75) is 25.3 Å². The molecule has 1 amide bonds. The molecule has 0 aliphatic rings. The normalized spacial score (nSPS) is 10.9. The van der Waals surface area contributed by atoms with E-state index >= 15 is 0 Å². The summed E-state index contributed by atoms with van der Waals surface area (Å²) in [7, 11) is 1.64. The van der Waals surface area contributed by atoms with Crippen LogP contribution in [0.4, 0.5) is 5.69 Å². The van der Waals surface area contributed by atoms with Crippen LogP contribution in [0.5, 0.6) is 5.75 Å². The summed E-state index contributed by atoms with van der Waals surface area (Å²) in [4.78, 5) is 17.1. The number of fused-ring (bicyclic) bond motifs is 1. The molecule has 0 atom stereocenters. The first-order valence-corrected chi connectivity index (χ1v) is 11.7. The van der Waals surface area contributed by atoms with E-state index in [9.17, 15) is 4.79 Å². The number of benzene rings is 2. The van der Waals surface area contributed by atoms with Crippen LogP contribution >= 0.6 is 23.1 Å². The fourth-order valence-electron chi connectivity index (χ4n) is 3.18. The first-order valence-electron chi connectivity index (χ1n) is 9.87. The van der Waals surface area contributed by atoms with Crippen molar-refractivity contribution in [3.8, 4) is 17.0 Å². The number of hydrogen-bond donors (Lipinski definition) is 1. The molecule has 2 aromatic heterocycles. The van der Waals surface area contributed by atoms with Gasteiger partial charge >= 0.3 is 0 Å². The average molecular weight is 451 g/mol. The van der Waals surface area contributed by atoms with Crippen LogP contribution in [-0.2, 0) is 11.2 Å². The fraction of sp³-hybridized carbons (Fsp3) is 0.217. The Kier molecular flexibility index (Phi) is 6.48. The lowest BCUT2D eigenvalue weighted by atomic mass is 10.1. The number of aryl methyl sites for hydroxylation is 2. The van der Waals surface area contributed by atoms with Crippen molar-refractivity contribution >= 4 is 44.9 Å². The zero-order chi connectivity index (χ0) is 21.8. The van der Waals surface area contributed by atoms with Gasteiger partial charge in [-0.3, -0.25) is 4.79 Å². The fourth-order valence-corrected chi connectivity index (χ4v) is 4.89. The number of anilines is 1. The molecule has 158 valence electrons. The van der Waals surface area contributed by atoms with Gasteiger partial charge in [0.1, 0.15) is 22.0 Å². The van der Waals surface area contributed by atoms with Gasteiger partial charge in [-0.05, 0) is 43.2 Å². The van der Waals surface area contributed by atoms with Crippen LogP contribution in [0.3, 0.4) is 0 Å². The SMILES string of the molecule is CCc1cccc(NC(=O)CSc2nnc(-c3cccc(OC)c3)c3sc(C)nc23)c1. The van der Waals surface area contributed by atoms with Gasteiger partial charge in [0.25, 0.3) is 0 Å². The van der Waals surface area contributed by atoms with Gasteiger partial charge in [-0.1, -0.05) is 43.0 Å². The second kappa shape index (κ2) is 9.45. The monoisotopic (exact) mass is 450 g/mol. The predicted molar refractivity (Wildman–Crippen MR) is 127 cm³/mol. The Morgan fingerprint density at radius 3 is 2.81 bits per heavy atom. The molecule has 4 rings (SSSR count). The zero-order valence-corrected chi connectivity index (χ0v) is 19.1. The van der Waals surface area contributed by atoms with Crippen molar-refractivity contribution in [2.24, 2.45) is 0 Å². The van der Waals surface area contributed by atoms with E-state index < -0.39 is 0 Å². The van der Waals surface area contributed by atoms with E-state index in [0.29, 0.717) is 5.03 Å². The number of ether oxygens (including phenoxy) is 1. The molecule has 2 aromatic carbocycles. The Balaban J connectivity index is 1.55. The van der Waals surface area contributed by atoms with E-state index in [2.05, 4.69) is 27.4 Å². The summed E-state index contributed by atoms with van der Waals surface area (Å²) >= 11 is 2.92. The molecule has 31 heavy (non-hydrogen) atoms. The smallest absolute Gasteiger partial charge is 0.234 e. The number of methoxy groups -OCH3 is 1. The average Bonchev–Trinajstić information content (AvgIpc) is 3.19. The first-order chi connectivity index (χ1) is 15.1. The van der Waals surface area contributed by atoms with Crippen molar-refractivity contribution in [3.63, 3.8) is 0 Å². The quantitative estimate of drug-likeness (QED) is 0.382. The Bertz CT molecular complexity index is 1240. The highest BCUT2D eigenvalue weighted by Crippen LogP contribution is 2.36. The summed E-state index contributed by atoms with van der Waals surface area (Å²) < 4.78 is 6.29. The van der Waals surface area contributed by atoms with Crippen molar-refractivity contribution in [1.29, 1.82) is 0 Å². The standard InChI is InChI=1S/C23H22N4O2S2/c1-4-15-7-5-9-17(11-15)25-19(28)13-30-23-21-22(31-14(2)24-21)20(26-27-23)16-8-6-10-18(12-16)29-3/h5-12H,4,13H2,1-3H3,(H,25,28). The van der Waals surface area contributed by atoms with Crippen LogP contribution in [0.1, 0.15) is 17.5 Å². The molecule has 1 N–H and O–H groups in total. The Labute approximate surface area is 189 Å². The minimum absolute atomic E-state index is 0.0861. The summed E-state index contributed by atoms with van der Waals surface area (Å²) in [6.45, 7) is 4.05. The summed E-state index contributed by atoms with van der Waals surface area (Å²) in [6, 6.07) is 15.6. The summed E-state index contributed by atoms with van der Waals surface area (Å²) in [5, 5.41) is 13.4. The molecule has 8 heteroatoms. The summed E-state index contributed by atoms with van der Waals surface area (Å²) in [5.41, 5.74) is 4.46.